The van der Waals surface area contributed by atoms with Crippen LogP contribution in [-0.4, -0.2) is 6.26 Å². The number of rotatable bonds is 3. The van der Waals surface area contributed by atoms with Crippen LogP contribution in [0.4, 0.5) is 4.39 Å². The number of hydrogen-bond donors (Lipinski definition) is 1. The van der Waals surface area contributed by atoms with Gasteiger partial charge < -0.3 is 5.73 Å². The molecule has 0 spiro atoms. The molecule has 19 heavy (non-hydrogen) atoms. The number of thioether (sulfide) groups is 1. The molecular weight excluding hydrogens is 257 g/mol. The van der Waals surface area contributed by atoms with Gasteiger partial charge in [-0.2, -0.15) is 0 Å². The summed E-state index contributed by atoms with van der Waals surface area (Å²) in [6.07, 6.45) is 2.00. The van der Waals surface area contributed by atoms with Crippen LogP contribution in [0.1, 0.15) is 28.3 Å². The molecule has 2 aromatic carbocycles. The van der Waals surface area contributed by atoms with E-state index < -0.39 is 6.04 Å². The number of halogens is 1. The molecule has 0 saturated carbocycles. The fraction of sp³-hybridized carbons (Fsp3) is 0.250. The Labute approximate surface area is 118 Å². The van der Waals surface area contributed by atoms with Gasteiger partial charge in [-0.05, 0) is 48.9 Å². The number of aryl methyl sites for hydroxylation is 2. The third-order valence-electron chi connectivity index (χ3n) is 3.27. The van der Waals surface area contributed by atoms with Crippen LogP contribution in [-0.2, 0) is 0 Å². The van der Waals surface area contributed by atoms with Gasteiger partial charge in [-0.3, -0.25) is 0 Å². The second-order valence-electron chi connectivity index (χ2n) is 4.70. The van der Waals surface area contributed by atoms with Gasteiger partial charge in [-0.25, -0.2) is 4.39 Å². The molecule has 1 atom stereocenters. The van der Waals surface area contributed by atoms with E-state index in [1.807, 2.05) is 50.4 Å². The van der Waals surface area contributed by atoms with E-state index in [-0.39, 0.29) is 5.82 Å². The van der Waals surface area contributed by atoms with E-state index in [1.165, 1.54) is 0 Å². The summed E-state index contributed by atoms with van der Waals surface area (Å²) in [6.45, 7) is 3.80. The fourth-order valence-corrected chi connectivity index (χ4v) is 3.04. The van der Waals surface area contributed by atoms with Crippen LogP contribution in [0.3, 0.4) is 0 Å². The quantitative estimate of drug-likeness (QED) is 0.849. The van der Waals surface area contributed by atoms with Crippen LogP contribution >= 0.6 is 11.8 Å². The first-order valence-electron chi connectivity index (χ1n) is 6.19. The lowest BCUT2D eigenvalue weighted by Crippen LogP contribution is -2.16. The largest absolute Gasteiger partial charge is 0.320 e. The Kier molecular flexibility index (Phi) is 4.27. The van der Waals surface area contributed by atoms with Gasteiger partial charge in [0.15, 0.2) is 0 Å². The summed E-state index contributed by atoms with van der Waals surface area (Å²) in [7, 11) is 0. The predicted molar refractivity (Wildman–Crippen MR) is 80.1 cm³/mol. The number of nitrogens with two attached hydrogens (primary N) is 1. The first-order chi connectivity index (χ1) is 9.04. The van der Waals surface area contributed by atoms with Crippen LogP contribution < -0.4 is 5.73 Å². The molecule has 2 rings (SSSR count). The van der Waals surface area contributed by atoms with E-state index in [4.69, 9.17) is 5.73 Å². The zero-order valence-electron chi connectivity index (χ0n) is 11.4. The normalized spacial score (nSPS) is 12.5. The van der Waals surface area contributed by atoms with E-state index in [0.29, 0.717) is 5.56 Å². The molecule has 0 aliphatic rings. The maximum Gasteiger partial charge on any atom is 0.128 e. The molecule has 100 valence electrons. The minimum atomic E-state index is -0.427. The van der Waals surface area contributed by atoms with Gasteiger partial charge in [0.1, 0.15) is 5.82 Å². The minimum absolute atomic E-state index is 0.221. The van der Waals surface area contributed by atoms with Crippen LogP contribution in [0, 0.1) is 19.7 Å². The Bertz CT molecular complexity index is 572. The van der Waals surface area contributed by atoms with E-state index >= 15 is 0 Å². The zero-order chi connectivity index (χ0) is 14.0. The highest BCUT2D eigenvalue weighted by Gasteiger charge is 2.18. The molecule has 0 aliphatic carbocycles. The lowest BCUT2D eigenvalue weighted by Gasteiger charge is -2.19. The Hall–Kier alpha value is -1.32. The molecule has 3 heteroatoms. The van der Waals surface area contributed by atoms with Crippen LogP contribution in [0.2, 0.25) is 0 Å². The highest BCUT2D eigenvalue weighted by molar-refractivity contribution is 7.98. The summed E-state index contributed by atoms with van der Waals surface area (Å²) in [5, 5.41) is 0. The molecule has 1 nitrogen and oxygen atoms in total. The van der Waals surface area contributed by atoms with Crippen molar-refractivity contribution in [3.63, 3.8) is 0 Å². The second-order valence-corrected chi connectivity index (χ2v) is 5.55. The van der Waals surface area contributed by atoms with Gasteiger partial charge in [0.2, 0.25) is 0 Å². The summed E-state index contributed by atoms with van der Waals surface area (Å²) in [4.78, 5) is 1.09. The van der Waals surface area contributed by atoms with Gasteiger partial charge in [0.25, 0.3) is 0 Å². The van der Waals surface area contributed by atoms with E-state index in [1.54, 1.807) is 17.8 Å². The van der Waals surface area contributed by atoms with Crippen molar-refractivity contribution in [3.8, 4) is 0 Å². The summed E-state index contributed by atoms with van der Waals surface area (Å²) in [5.74, 6) is -0.221. The summed E-state index contributed by atoms with van der Waals surface area (Å²) in [6, 6.07) is 11.0. The summed E-state index contributed by atoms with van der Waals surface area (Å²) < 4.78 is 14.2. The molecule has 0 radical (unpaired) electrons. The third-order valence-corrected chi connectivity index (χ3v) is 4.08. The summed E-state index contributed by atoms with van der Waals surface area (Å²) >= 11 is 1.63. The fourth-order valence-electron chi connectivity index (χ4n) is 2.40. The zero-order valence-corrected chi connectivity index (χ0v) is 12.2. The van der Waals surface area contributed by atoms with Gasteiger partial charge in [-0.15, -0.1) is 11.8 Å². The Morgan fingerprint density at radius 1 is 1.16 bits per heavy atom. The molecule has 0 heterocycles. The van der Waals surface area contributed by atoms with Crippen molar-refractivity contribution < 1.29 is 4.39 Å². The molecule has 2 aromatic rings. The van der Waals surface area contributed by atoms with Crippen molar-refractivity contribution in [1.82, 2.24) is 0 Å². The number of benzene rings is 2. The molecule has 2 N–H and O–H groups in total. The van der Waals surface area contributed by atoms with Crippen molar-refractivity contribution in [2.45, 2.75) is 24.8 Å². The first-order valence-corrected chi connectivity index (χ1v) is 7.42. The first kappa shape index (κ1) is 14.1. The van der Waals surface area contributed by atoms with Crippen LogP contribution in [0.5, 0.6) is 0 Å². The second kappa shape index (κ2) is 5.76. The molecule has 0 amide bonds. The highest BCUT2D eigenvalue weighted by Crippen LogP contribution is 2.31. The van der Waals surface area contributed by atoms with Gasteiger partial charge in [-0.1, -0.05) is 24.3 Å². The third kappa shape index (κ3) is 2.82. The standard InChI is InChI=1S/C16H18FNS/c1-10-8-11(2)15(13(17)9-10)16(18)12-6-4-5-7-14(12)19-3/h4-9,16H,18H2,1-3H3. The van der Waals surface area contributed by atoms with Gasteiger partial charge in [0.05, 0.1) is 6.04 Å². The van der Waals surface area contributed by atoms with Crippen molar-refractivity contribution in [1.29, 1.82) is 0 Å². The molecule has 0 aliphatic heterocycles. The van der Waals surface area contributed by atoms with Gasteiger partial charge >= 0.3 is 0 Å². The average molecular weight is 275 g/mol. The molecule has 0 saturated heterocycles. The molecule has 0 fully saturated rings. The van der Waals surface area contributed by atoms with Crippen molar-refractivity contribution >= 4 is 11.8 Å². The minimum Gasteiger partial charge on any atom is -0.320 e. The maximum atomic E-state index is 14.2. The monoisotopic (exact) mass is 275 g/mol. The Balaban J connectivity index is 2.53. The molecule has 1 unspecified atom stereocenters. The average Bonchev–Trinajstić information content (AvgIpc) is 2.37. The smallest absolute Gasteiger partial charge is 0.128 e. The van der Waals surface area contributed by atoms with Crippen molar-refractivity contribution in [2.24, 2.45) is 5.73 Å². The van der Waals surface area contributed by atoms with E-state index in [2.05, 4.69) is 0 Å². The van der Waals surface area contributed by atoms with Crippen LogP contribution in [0.25, 0.3) is 0 Å². The van der Waals surface area contributed by atoms with Gasteiger partial charge in [0, 0.05) is 10.5 Å². The Morgan fingerprint density at radius 2 is 1.84 bits per heavy atom. The Morgan fingerprint density at radius 3 is 2.47 bits per heavy atom. The SMILES string of the molecule is CSc1ccccc1C(N)c1c(C)cc(C)cc1F. The topological polar surface area (TPSA) is 26.0 Å². The molecule has 0 bridgehead atoms. The van der Waals surface area contributed by atoms with E-state index in [9.17, 15) is 4.39 Å². The van der Waals surface area contributed by atoms with E-state index in [0.717, 1.165) is 21.6 Å². The maximum absolute atomic E-state index is 14.2. The van der Waals surface area contributed by atoms with Crippen molar-refractivity contribution in [3.05, 3.63) is 64.5 Å². The van der Waals surface area contributed by atoms with Crippen LogP contribution in [0.15, 0.2) is 41.3 Å². The molecular formula is C16H18FNS. The van der Waals surface area contributed by atoms with Crippen molar-refractivity contribution in [2.75, 3.05) is 6.26 Å². The predicted octanol–water partition coefficient (Wildman–Crippen LogP) is 4.21. The lowest BCUT2D eigenvalue weighted by molar-refractivity contribution is 0.594. The lowest BCUT2D eigenvalue weighted by atomic mass is 9.94. The number of hydrogen-bond acceptors (Lipinski definition) is 2. The molecule has 0 aromatic heterocycles. The highest BCUT2D eigenvalue weighted by atomic mass is 32.2. The summed E-state index contributed by atoms with van der Waals surface area (Å²) in [5.41, 5.74) is 9.68.